The number of nitrogens with zero attached hydrogens (tertiary/aromatic N) is 3. The van der Waals surface area contributed by atoms with Crippen LogP contribution in [0.3, 0.4) is 0 Å². The second kappa shape index (κ2) is 11.4. The summed E-state index contributed by atoms with van der Waals surface area (Å²) in [6.07, 6.45) is 5.15. The number of likely N-dealkylation sites (tertiary alicyclic amines) is 2. The van der Waals surface area contributed by atoms with Crippen LogP contribution in [-0.4, -0.2) is 75.7 Å². The molecule has 6 nitrogen and oxygen atoms in total. The van der Waals surface area contributed by atoms with Crippen LogP contribution < -0.4 is 15.4 Å². The molecule has 0 amide bonds. The van der Waals surface area contributed by atoms with Crippen molar-refractivity contribution in [2.75, 3.05) is 60.0 Å². The van der Waals surface area contributed by atoms with Crippen LogP contribution in [0.15, 0.2) is 29.3 Å². The molecular formula is C23H39N5O. The molecule has 3 rings (SSSR count). The van der Waals surface area contributed by atoms with Gasteiger partial charge in [-0.15, -0.1) is 0 Å². The Morgan fingerprint density at radius 2 is 2.03 bits per heavy atom. The van der Waals surface area contributed by atoms with Gasteiger partial charge in [0.15, 0.2) is 5.96 Å². The standard InChI is InChI=1S/C23H39N5O/c1-4-24-23(25-16-19-9-8-12-27(2)18-19)26-17-22(28-13-5-6-14-28)20-10-7-11-21(15-20)29-3/h7,10-11,15,19,22H,4-6,8-9,12-14,16-18H2,1-3H3,(H2,24,25,26). The van der Waals surface area contributed by atoms with Crippen LogP contribution in [0.5, 0.6) is 5.75 Å². The lowest BCUT2D eigenvalue weighted by Gasteiger charge is -2.30. The van der Waals surface area contributed by atoms with Crippen LogP contribution in [0.1, 0.15) is 44.2 Å². The summed E-state index contributed by atoms with van der Waals surface area (Å²) in [5.74, 6) is 2.56. The molecule has 1 aromatic rings. The van der Waals surface area contributed by atoms with Crippen molar-refractivity contribution < 1.29 is 4.74 Å². The summed E-state index contributed by atoms with van der Waals surface area (Å²) in [4.78, 5) is 10.00. The maximum atomic E-state index is 5.46. The first-order valence-electron chi connectivity index (χ1n) is 11.3. The average Bonchev–Trinajstić information content (AvgIpc) is 3.27. The smallest absolute Gasteiger partial charge is 0.191 e. The number of benzene rings is 1. The van der Waals surface area contributed by atoms with Gasteiger partial charge >= 0.3 is 0 Å². The predicted molar refractivity (Wildman–Crippen MR) is 121 cm³/mol. The van der Waals surface area contributed by atoms with E-state index in [-0.39, 0.29) is 0 Å². The Kier molecular flexibility index (Phi) is 8.62. The molecule has 2 N–H and O–H groups in total. The minimum absolute atomic E-state index is 0.295. The first-order chi connectivity index (χ1) is 14.2. The minimum atomic E-state index is 0.295. The highest BCUT2D eigenvalue weighted by atomic mass is 16.5. The molecular weight excluding hydrogens is 362 g/mol. The van der Waals surface area contributed by atoms with E-state index >= 15 is 0 Å². The molecule has 0 radical (unpaired) electrons. The van der Waals surface area contributed by atoms with Crippen molar-refractivity contribution in [1.29, 1.82) is 0 Å². The third-order valence-corrected chi connectivity index (χ3v) is 6.11. The van der Waals surface area contributed by atoms with E-state index in [9.17, 15) is 0 Å². The summed E-state index contributed by atoms with van der Waals surface area (Å²) in [6.45, 7) is 9.45. The van der Waals surface area contributed by atoms with E-state index in [1.54, 1.807) is 7.11 Å². The van der Waals surface area contributed by atoms with Gasteiger partial charge in [-0.25, -0.2) is 0 Å². The molecule has 29 heavy (non-hydrogen) atoms. The van der Waals surface area contributed by atoms with Gasteiger partial charge in [-0.2, -0.15) is 0 Å². The highest BCUT2D eigenvalue weighted by Crippen LogP contribution is 2.28. The summed E-state index contributed by atoms with van der Waals surface area (Å²) in [7, 11) is 3.96. The number of piperidine rings is 1. The Labute approximate surface area is 176 Å². The SMILES string of the molecule is CCNC(=NCC(c1cccc(OC)c1)N1CCCC1)NCC1CCCN(C)C1. The van der Waals surface area contributed by atoms with Crippen LogP contribution in [-0.2, 0) is 0 Å². The van der Waals surface area contributed by atoms with Crippen LogP contribution in [0.4, 0.5) is 0 Å². The third-order valence-electron chi connectivity index (χ3n) is 6.11. The predicted octanol–water partition coefficient (Wildman–Crippen LogP) is 2.73. The third kappa shape index (κ3) is 6.61. The molecule has 2 unspecified atom stereocenters. The molecule has 1 aromatic carbocycles. The van der Waals surface area contributed by atoms with E-state index in [0.29, 0.717) is 12.0 Å². The largest absolute Gasteiger partial charge is 0.497 e. The van der Waals surface area contributed by atoms with E-state index in [2.05, 4.69) is 52.6 Å². The van der Waals surface area contributed by atoms with Crippen molar-refractivity contribution in [2.24, 2.45) is 10.9 Å². The van der Waals surface area contributed by atoms with Crippen molar-refractivity contribution in [3.05, 3.63) is 29.8 Å². The van der Waals surface area contributed by atoms with Crippen molar-refractivity contribution >= 4 is 5.96 Å². The van der Waals surface area contributed by atoms with Crippen molar-refractivity contribution in [3.63, 3.8) is 0 Å². The molecule has 6 heteroatoms. The summed E-state index contributed by atoms with van der Waals surface area (Å²) >= 11 is 0. The topological polar surface area (TPSA) is 52.1 Å². The fourth-order valence-electron chi connectivity index (χ4n) is 4.53. The quantitative estimate of drug-likeness (QED) is 0.518. The van der Waals surface area contributed by atoms with E-state index in [4.69, 9.17) is 9.73 Å². The number of methoxy groups -OCH3 is 1. The lowest BCUT2D eigenvalue weighted by atomic mass is 9.99. The van der Waals surface area contributed by atoms with E-state index in [1.807, 2.05) is 6.07 Å². The van der Waals surface area contributed by atoms with Crippen molar-refractivity contribution in [1.82, 2.24) is 20.4 Å². The fourth-order valence-corrected chi connectivity index (χ4v) is 4.53. The molecule has 2 aliphatic rings. The zero-order valence-electron chi connectivity index (χ0n) is 18.5. The number of hydrogen-bond acceptors (Lipinski definition) is 4. The Morgan fingerprint density at radius 3 is 2.76 bits per heavy atom. The van der Waals surface area contributed by atoms with Gasteiger partial charge in [0.05, 0.1) is 19.7 Å². The molecule has 2 aliphatic heterocycles. The molecule has 0 saturated carbocycles. The lowest BCUT2D eigenvalue weighted by molar-refractivity contribution is 0.210. The zero-order chi connectivity index (χ0) is 20.5. The molecule has 0 spiro atoms. The summed E-state index contributed by atoms with van der Waals surface area (Å²) in [5.41, 5.74) is 1.29. The Morgan fingerprint density at radius 1 is 1.21 bits per heavy atom. The lowest BCUT2D eigenvalue weighted by Crippen LogP contribution is -2.44. The van der Waals surface area contributed by atoms with Gasteiger partial charge in [-0.1, -0.05) is 12.1 Å². The maximum Gasteiger partial charge on any atom is 0.191 e. The first kappa shape index (κ1) is 21.9. The van der Waals surface area contributed by atoms with Gasteiger partial charge in [0.1, 0.15) is 5.75 Å². The van der Waals surface area contributed by atoms with E-state index in [0.717, 1.165) is 44.4 Å². The van der Waals surface area contributed by atoms with Gasteiger partial charge in [0.2, 0.25) is 0 Å². The van der Waals surface area contributed by atoms with Gasteiger partial charge in [0, 0.05) is 19.6 Å². The van der Waals surface area contributed by atoms with Crippen molar-refractivity contribution in [3.8, 4) is 5.75 Å². The van der Waals surface area contributed by atoms with Crippen LogP contribution in [0.2, 0.25) is 0 Å². The Hall–Kier alpha value is -1.79. The number of aliphatic imine (C=N–C) groups is 1. The number of nitrogens with one attached hydrogen (secondary N) is 2. The molecule has 162 valence electrons. The van der Waals surface area contributed by atoms with Crippen molar-refractivity contribution in [2.45, 2.75) is 38.6 Å². The second-order valence-corrected chi connectivity index (χ2v) is 8.41. The molecule has 2 fully saturated rings. The molecule has 0 bridgehead atoms. The van der Waals surface area contributed by atoms with Gasteiger partial charge in [-0.05, 0) is 82.9 Å². The van der Waals surface area contributed by atoms with Gasteiger partial charge < -0.3 is 20.3 Å². The van der Waals surface area contributed by atoms with E-state index < -0.39 is 0 Å². The van der Waals surface area contributed by atoms with Gasteiger partial charge in [0.25, 0.3) is 0 Å². The Balaban J connectivity index is 1.67. The normalized spacial score (nSPS) is 22.4. The average molecular weight is 402 g/mol. The number of rotatable bonds is 8. The molecule has 2 saturated heterocycles. The zero-order valence-corrected chi connectivity index (χ0v) is 18.5. The summed E-state index contributed by atoms with van der Waals surface area (Å²) in [6, 6.07) is 8.77. The summed E-state index contributed by atoms with van der Waals surface area (Å²) in [5, 5.41) is 7.04. The monoisotopic (exact) mass is 401 g/mol. The molecule has 0 aliphatic carbocycles. The summed E-state index contributed by atoms with van der Waals surface area (Å²) < 4.78 is 5.46. The second-order valence-electron chi connectivity index (χ2n) is 8.41. The number of ether oxygens (including phenoxy) is 1. The van der Waals surface area contributed by atoms with Crippen LogP contribution in [0, 0.1) is 5.92 Å². The van der Waals surface area contributed by atoms with Crippen LogP contribution in [0.25, 0.3) is 0 Å². The Bertz CT molecular complexity index is 644. The molecule has 2 heterocycles. The number of guanidine groups is 1. The first-order valence-corrected chi connectivity index (χ1v) is 11.3. The fraction of sp³-hybridized carbons (Fsp3) is 0.696. The van der Waals surface area contributed by atoms with Gasteiger partial charge in [-0.3, -0.25) is 9.89 Å². The number of hydrogen-bond donors (Lipinski definition) is 2. The van der Waals surface area contributed by atoms with E-state index in [1.165, 1.54) is 44.3 Å². The molecule has 0 aromatic heterocycles. The highest BCUT2D eigenvalue weighted by Gasteiger charge is 2.24. The highest BCUT2D eigenvalue weighted by molar-refractivity contribution is 5.79. The minimum Gasteiger partial charge on any atom is -0.497 e. The maximum absolute atomic E-state index is 5.46. The van der Waals surface area contributed by atoms with Crippen LogP contribution >= 0.6 is 0 Å². The molecule has 2 atom stereocenters.